The van der Waals surface area contributed by atoms with Crippen LogP contribution in [0.2, 0.25) is 0 Å². The van der Waals surface area contributed by atoms with E-state index in [9.17, 15) is 4.79 Å². The number of anilines is 1. The van der Waals surface area contributed by atoms with Crippen LogP contribution in [0.25, 0.3) is 11.3 Å². The molecule has 0 radical (unpaired) electrons. The largest absolute Gasteiger partial charge is 0.355 e. The number of carbonyl (C=O) groups is 1. The van der Waals surface area contributed by atoms with Gasteiger partial charge in [0.2, 0.25) is 0 Å². The minimum atomic E-state index is 0.0100. The third kappa shape index (κ3) is 4.22. The maximum absolute atomic E-state index is 12.3. The molecule has 2 N–H and O–H groups in total. The highest BCUT2D eigenvalue weighted by Gasteiger charge is 2.21. The van der Waals surface area contributed by atoms with Gasteiger partial charge in [-0.1, -0.05) is 17.7 Å². The summed E-state index contributed by atoms with van der Waals surface area (Å²) >= 11 is 0. The lowest BCUT2D eigenvalue weighted by molar-refractivity contribution is 0.0945. The Morgan fingerprint density at radius 3 is 2.71 bits per heavy atom. The molecular formula is C22H25N5O. The van der Waals surface area contributed by atoms with E-state index in [1.165, 1.54) is 0 Å². The monoisotopic (exact) mass is 375 g/mol. The summed E-state index contributed by atoms with van der Waals surface area (Å²) in [5.74, 6) is 1.49. The molecule has 3 aromatic rings. The standard InChI is InChI=1S/C22H25N5O/c1-16-4-6-18(7-5-16)22(28)24-14-17-8-11-27(12-9-17)21-13-20(25-26-21)19-3-2-10-23-15-19/h2-7,10,13,15,17H,8-9,11-12,14H2,1H3,(H,24,28)(H,25,26). The summed E-state index contributed by atoms with van der Waals surface area (Å²) in [6.45, 7) is 4.64. The molecule has 1 amide bonds. The van der Waals surface area contributed by atoms with Crippen LogP contribution in [-0.4, -0.2) is 40.7 Å². The molecule has 0 unspecified atom stereocenters. The third-order valence-electron chi connectivity index (χ3n) is 5.34. The normalized spacial score (nSPS) is 14.8. The molecular weight excluding hydrogens is 350 g/mol. The number of piperidine rings is 1. The van der Waals surface area contributed by atoms with Gasteiger partial charge in [0, 0.05) is 49.2 Å². The van der Waals surface area contributed by atoms with Gasteiger partial charge >= 0.3 is 0 Å². The number of hydrogen-bond acceptors (Lipinski definition) is 4. The number of carbonyl (C=O) groups excluding carboxylic acids is 1. The topological polar surface area (TPSA) is 73.9 Å². The quantitative estimate of drug-likeness (QED) is 0.717. The van der Waals surface area contributed by atoms with Crippen molar-refractivity contribution in [3.63, 3.8) is 0 Å². The summed E-state index contributed by atoms with van der Waals surface area (Å²) in [6, 6.07) is 13.7. The molecule has 0 saturated carbocycles. The summed E-state index contributed by atoms with van der Waals surface area (Å²) in [4.78, 5) is 18.7. The lowest BCUT2D eigenvalue weighted by Crippen LogP contribution is -2.38. The summed E-state index contributed by atoms with van der Waals surface area (Å²) in [6.07, 6.45) is 5.69. The molecule has 1 aromatic carbocycles. The predicted molar refractivity (Wildman–Crippen MR) is 110 cm³/mol. The summed E-state index contributed by atoms with van der Waals surface area (Å²) in [5, 5.41) is 10.7. The molecule has 3 heterocycles. The molecule has 1 aliphatic rings. The van der Waals surface area contributed by atoms with Gasteiger partial charge in [0.1, 0.15) is 0 Å². The van der Waals surface area contributed by atoms with Crippen LogP contribution in [0.15, 0.2) is 54.9 Å². The average molecular weight is 375 g/mol. The number of pyridine rings is 1. The maximum atomic E-state index is 12.3. The van der Waals surface area contributed by atoms with Gasteiger partial charge in [-0.25, -0.2) is 0 Å². The fourth-order valence-corrected chi connectivity index (χ4v) is 3.55. The Hall–Kier alpha value is -3.15. The first-order valence-corrected chi connectivity index (χ1v) is 9.74. The molecule has 1 fully saturated rings. The first-order valence-electron chi connectivity index (χ1n) is 9.74. The van der Waals surface area contributed by atoms with Crippen LogP contribution in [0.5, 0.6) is 0 Å². The SMILES string of the molecule is Cc1ccc(C(=O)NCC2CCN(c3cc(-c4cccnc4)[nH]n3)CC2)cc1. The Morgan fingerprint density at radius 1 is 1.21 bits per heavy atom. The molecule has 6 nitrogen and oxygen atoms in total. The Balaban J connectivity index is 1.27. The molecule has 6 heteroatoms. The van der Waals surface area contributed by atoms with Gasteiger partial charge in [-0.05, 0) is 49.9 Å². The number of aromatic nitrogens is 3. The molecule has 144 valence electrons. The number of hydrogen-bond donors (Lipinski definition) is 2. The van der Waals surface area contributed by atoms with Gasteiger partial charge in [-0.3, -0.25) is 14.9 Å². The van der Waals surface area contributed by atoms with Crippen LogP contribution >= 0.6 is 0 Å². The van der Waals surface area contributed by atoms with Gasteiger partial charge < -0.3 is 10.2 Å². The van der Waals surface area contributed by atoms with Crippen molar-refractivity contribution < 1.29 is 4.79 Å². The minimum Gasteiger partial charge on any atom is -0.355 e. The molecule has 4 rings (SSSR count). The Morgan fingerprint density at radius 2 is 2.00 bits per heavy atom. The van der Waals surface area contributed by atoms with Crippen molar-refractivity contribution in [2.24, 2.45) is 5.92 Å². The van der Waals surface area contributed by atoms with Crippen molar-refractivity contribution in [2.45, 2.75) is 19.8 Å². The molecule has 0 spiro atoms. The van der Waals surface area contributed by atoms with Crippen LogP contribution in [0, 0.1) is 12.8 Å². The van der Waals surface area contributed by atoms with Crippen LogP contribution < -0.4 is 10.2 Å². The zero-order valence-electron chi connectivity index (χ0n) is 16.1. The second-order valence-electron chi connectivity index (χ2n) is 7.39. The summed E-state index contributed by atoms with van der Waals surface area (Å²) in [7, 11) is 0. The van der Waals surface area contributed by atoms with Crippen molar-refractivity contribution in [3.8, 4) is 11.3 Å². The van der Waals surface area contributed by atoms with E-state index in [4.69, 9.17) is 0 Å². The third-order valence-corrected chi connectivity index (χ3v) is 5.34. The Kier molecular flexibility index (Phi) is 5.37. The number of nitrogens with zero attached hydrogens (tertiary/aromatic N) is 3. The fraction of sp³-hybridized carbons (Fsp3) is 0.318. The first kappa shape index (κ1) is 18.2. The Bertz CT molecular complexity index is 912. The van der Waals surface area contributed by atoms with Gasteiger partial charge in [0.05, 0.1) is 5.69 Å². The van der Waals surface area contributed by atoms with Crippen molar-refractivity contribution in [3.05, 3.63) is 66.0 Å². The van der Waals surface area contributed by atoms with E-state index >= 15 is 0 Å². The minimum absolute atomic E-state index is 0.0100. The van der Waals surface area contributed by atoms with E-state index in [-0.39, 0.29) is 5.91 Å². The van der Waals surface area contributed by atoms with E-state index in [2.05, 4.69) is 31.5 Å². The van der Waals surface area contributed by atoms with E-state index in [0.717, 1.165) is 60.7 Å². The number of H-pyrrole nitrogens is 1. The lowest BCUT2D eigenvalue weighted by Gasteiger charge is -2.32. The number of nitrogens with one attached hydrogen (secondary N) is 2. The van der Waals surface area contributed by atoms with Crippen molar-refractivity contribution in [1.82, 2.24) is 20.5 Å². The fourth-order valence-electron chi connectivity index (χ4n) is 3.55. The number of amides is 1. The van der Waals surface area contributed by atoms with Crippen molar-refractivity contribution >= 4 is 11.7 Å². The van der Waals surface area contributed by atoms with E-state index < -0.39 is 0 Å². The highest BCUT2D eigenvalue weighted by molar-refractivity contribution is 5.94. The zero-order valence-corrected chi connectivity index (χ0v) is 16.1. The second kappa shape index (κ2) is 8.25. The number of aromatic amines is 1. The van der Waals surface area contributed by atoms with Crippen LogP contribution in [-0.2, 0) is 0 Å². The highest BCUT2D eigenvalue weighted by Crippen LogP contribution is 2.25. The Labute approximate surface area is 165 Å². The number of rotatable bonds is 5. The van der Waals surface area contributed by atoms with Gasteiger partial charge in [-0.15, -0.1) is 0 Å². The van der Waals surface area contributed by atoms with Crippen LogP contribution in [0.3, 0.4) is 0 Å². The molecule has 0 bridgehead atoms. The van der Waals surface area contributed by atoms with Gasteiger partial charge in [0.15, 0.2) is 5.82 Å². The lowest BCUT2D eigenvalue weighted by atomic mass is 9.96. The average Bonchev–Trinajstić information content (AvgIpc) is 3.24. The molecule has 1 aliphatic heterocycles. The molecule has 1 saturated heterocycles. The molecule has 28 heavy (non-hydrogen) atoms. The van der Waals surface area contributed by atoms with E-state index in [1.807, 2.05) is 49.5 Å². The van der Waals surface area contributed by atoms with Crippen molar-refractivity contribution in [2.75, 3.05) is 24.5 Å². The van der Waals surface area contributed by atoms with E-state index in [0.29, 0.717) is 5.92 Å². The van der Waals surface area contributed by atoms with Crippen molar-refractivity contribution in [1.29, 1.82) is 0 Å². The summed E-state index contributed by atoms with van der Waals surface area (Å²) < 4.78 is 0. The van der Waals surface area contributed by atoms with Gasteiger partial charge in [0.25, 0.3) is 5.91 Å². The van der Waals surface area contributed by atoms with Gasteiger partial charge in [-0.2, -0.15) is 5.10 Å². The van der Waals surface area contributed by atoms with Crippen LogP contribution in [0.4, 0.5) is 5.82 Å². The predicted octanol–water partition coefficient (Wildman–Crippen LogP) is 3.43. The zero-order chi connectivity index (χ0) is 19.3. The second-order valence-corrected chi connectivity index (χ2v) is 7.39. The number of benzene rings is 1. The molecule has 0 atom stereocenters. The number of aryl methyl sites for hydroxylation is 1. The van der Waals surface area contributed by atoms with Crippen LogP contribution in [0.1, 0.15) is 28.8 Å². The van der Waals surface area contributed by atoms with E-state index in [1.54, 1.807) is 6.20 Å². The smallest absolute Gasteiger partial charge is 0.251 e. The molecule has 2 aromatic heterocycles. The maximum Gasteiger partial charge on any atom is 0.251 e. The first-order chi connectivity index (χ1) is 13.7. The summed E-state index contributed by atoms with van der Waals surface area (Å²) in [5.41, 5.74) is 3.90. The highest BCUT2D eigenvalue weighted by atomic mass is 16.1. The molecule has 0 aliphatic carbocycles.